The van der Waals surface area contributed by atoms with E-state index in [1.807, 2.05) is 67.6 Å². The zero-order chi connectivity index (χ0) is 31.6. The van der Waals surface area contributed by atoms with Crippen molar-refractivity contribution in [3.63, 3.8) is 0 Å². The Morgan fingerprint density at radius 2 is 1.71 bits per heavy atom. The number of unbranched alkanes of at least 4 members (excludes halogenated alkanes) is 1. The van der Waals surface area contributed by atoms with E-state index in [4.69, 9.17) is 15.2 Å². The standard InChI is InChI=1S/C33H37N5O5S2/c1-21-37-38-33(45-21)44-20-26-18-29(23-15-13-22(19-39)14-16-23)43-32(42-26)24-7-6-8-25(17-24)35-30(40)11-4-5-12-31(41)36-28-10-3-2-9-27(28)34/h2-3,6-10,13-17,26,29,32,39H,4-5,11-12,18-20,34H2,1H3,(H,35,40)(H,36,41)/t26-,29+,32+/m1/s1. The van der Waals surface area contributed by atoms with Crippen LogP contribution in [0.4, 0.5) is 17.1 Å². The zero-order valence-corrected chi connectivity index (χ0v) is 26.6. The highest BCUT2D eigenvalue weighted by atomic mass is 32.2. The van der Waals surface area contributed by atoms with Crippen LogP contribution in [0.3, 0.4) is 0 Å². The van der Waals surface area contributed by atoms with E-state index in [9.17, 15) is 14.7 Å². The van der Waals surface area contributed by atoms with Gasteiger partial charge in [0.2, 0.25) is 11.8 Å². The summed E-state index contributed by atoms with van der Waals surface area (Å²) in [4.78, 5) is 25.0. The van der Waals surface area contributed by atoms with Crippen LogP contribution in [0.5, 0.6) is 0 Å². The summed E-state index contributed by atoms with van der Waals surface area (Å²) in [6.07, 6.45) is 1.42. The normalized spacial score (nSPS) is 18.0. The highest BCUT2D eigenvalue weighted by Gasteiger charge is 2.32. The van der Waals surface area contributed by atoms with Crippen LogP contribution in [0, 0.1) is 6.92 Å². The van der Waals surface area contributed by atoms with Gasteiger partial charge in [-0.3, -0.25) is 9.59 Å². The molecule has 0 bridgehead atoms. The first-order chi connectivity index (χ1) is 21.9. The Morgan fingerprint density at radius 1 is 0.956 bits per heavy atom. The molecule has 0 aliphatic carbocycles. The van der Waals surface area contributed by atoms with Crippen molar-refractivity contribution in [2.45, 2.75) is 68.5 Å². The maximum absolute atomic E-state index is 12.7. The molecule has 1 aromatic heterocycles. The van der Waals surface area contributed by atoms with Gasteiger partial charge >= 0.3 is 0 Å². The van der Waals surface area contributed by atoms with E-state index in [1.165, 1.54) is 0 Å². The van der Waals surface area contributed by atoms with E-state index in [-0.39, 0.29) is 37.0 Å². The first kappa shape index (κ1) is 32.6. The number of carbonyl (C=O) groups is 2. The van der Waals surface area contributed by atoms with Crippen LogP contribution in [0.2, 0.25) is 0 Å². The summed E-state index contributed by atoms with van der Waals surface area (Å²) >= 11 is 3.17. The molecule has 10 nitrogen and oxygen atoms in total. The molecule has 0 saturated carbocycles. The number of nitrogens with one attached hydrogen (secondary N) is 2. The third-order valence-corrected chi connectivity index (χ3v) is 9.35. The van der Waals surface area contributed by atoms with Crippen LogP contribution >= 0.6 is 23.1 Å². The molecule has 5 rings (SSSR count). The number of aryl methyl sites for hydroxylation is 1. The second-order valence-corrected chi connectivity index (χ2v) is 13.2. The largest absolute Gasteiger partial charge is 0.397 e. The number of benzene rings is 3. The van der Waals surface area contributed by atoms with Gasteiger partial charge in [0.1, 0.15) is 5.01 Å². The lowest BCUT2D eigenvalue weighted by Crippen LogP contribution is -2.31. The van der Waals surface area contributed by atoms with Crippen molar-refractivity contribution >= 4 is 52.0 Å². The number of para-hydroxylation sites is 2. The summed E-state index contributed by atoms with van der Waals surface area (Å²) < 4.78 is 13.8. The number of ether oxygens (including phenoxy) is 2. The van der Waals surface area contributed by atoms with Crippen LogP contribution < -0.4 is 16.4 Å². The maximum Gasteiger partial charge on any atom is 0.224 e. The molecule has 0 unspecified atom stereocenters. The molecule has 3 atom stereocenters. The smallest absolute Gasteiger partial charge is 0.224 e. The molecule has 1 fully saturated rings. The second-order valence-electron chi connectivity index (χ2n) is 10.8. The molecular formula is C33H37N5O5S2. The summed E-state index contributed by atoms with van der Waals surface area (Å²) in [5.41, 5.74) is 10.3. The van der Waals surface area contributed by atoms with Crippen LogP contribution in [0.25, 0.3) is 0 Å². The van der Waals surface area contributed by atoms with Crippen molar-refractivity contribution in [1.82, 2.24) is 10.2 Å². The van der Waals surface area contributed by atoms with Gasteiger partial charge in [0.25, 0.3) is 0 Å². The average molecular weight is 648 g/mol. The van der Waals surface area contributed by atoms with E-state index in [1.54, 1.807) is 35.2 Å². The Hall–Kier alpha value is -3.81. The Kier molecular flexibility index (Phi) is 11.6. The average Bonchev–Trinajstić information content (AvgIpc) is 3.48. The van der Waals surface area contributed by atoms with Crippen molar-refractivity contribution in [1.29, 1.82) is 0 Å². The number of amides is 2. The molecule has 45 heavy (non-hydrogen) atoms. The summed E-state index contributed by atoms with van der Waals surface area (Å²) in [5, 5.41) is 24.5. The molecule has 2 amide bonds. The van der Waals surface area contributed by atoms with Crippen molar-refractivity contribution < 1.29 is 24.2 Å². The fourth-order valence-electron chi connectivity index (χ4n) is 4.90. The lowest BCUT2D eigenvalue weighted by Gasteiger charge is -2.36. The molecular weight excluding hydrogens is 611 g/mol. The number of nitrogens with zero attached hydrogens (tertiary/aromatic N) is 2. The molecule has 2 heterocycles. The highest BCUT2D eigenvalue weighted by molar-refractivity contribution is 8.01. The van der Waals surface area contributed by atoms with Crippen molar-refractivity contribution in [3.05, 3.63) is 94.5 Å². The number of aliphatic hydroxyl groups is 1. The molecule has 4 aromatic rings. The van der Waals surface area contributed by atoms with E-state index >= 15 is 0 Å². The first-order valence-electron chi connectivity index (χ1n) is 14.8. The number of hydrogen-bond donors (Lipinski definition) is 4. The number of carbonyl (C=O) groups excluding carboxylic acids is 2. The predicted octanol–water partition coefficient (Wildman–Crippen LogP) is 6.40. The van der Waals surface area contributed by atoms with Crippen molar-refractivity contribution in [3.8, 4) is 0 Å². The SMILES string of the molecule is Cc1nnc(SC[C@H]2C[C@@H](c3ccc(CO)cc3)O[C@@H](c3cccc(NC(=O)CCCCC(=O)Nc4ccccc4N)c3)O2)s1. The zero-order valence-electron chi connectivity index (χ0n) is 25.0. The fourth-order valence-corrected chi connectivity index (χ4v) is 6.76. The summed E-state index contributed by atoms with van der Waals surface area (Å²) in [7, 11) is 0. The minimum Gasteiger partial charge on any atom is -0.397 e. The number of hydrogen-bond acceptors (Lipinski definition) is 10. The van der Waals surface area contributed by atoms with Crippen LogP contribution in [0.1, 0.15) is 66.2 Å². The topological polar surface area (TPSA) is 149 Å². The molecule has 0 spiro atoms. The molecule has 5 N–H and O–H groups in total. The second kappa shape index (κ2) is 16.0. The van der Waals surface area contributed by atoms with Gasteiger partial charge in [-0.25, -0.2) is 0 Å². The Morgan fingerprint density at radius 3 is 2.42 bits per heavy atom. The molecule has 3 aromatic carbocycles. The van der Waals surface area contributed by atoms with Gasteiger partial charge in [0, 0.05) is 36.3 Å². The van der Waals surface area contributed by atoms with Gasteiger partial charge in [-0.1, -0.05) is 71.6 Å². The van der Waals surface area contributed by atoms with Crippen molar-refractivity contribution in [2.24, 2.45) is 0 Å². The minimum atomic E-state index is -0.642. The monoisotopic (exact) mass is 647 g/mol. The lowest BCUT2D eigenvalue weighted by molar-refractivity contribution is -0.245. The number of thioether (sulfide) groups is 1. The third kappa shape index (κ3) is 9.59. The molecule has 0 radical (unpaired) electrons. The van der Waals surface area contributed by atoms with E-state index in [0.717, 1.165) is 26.0 Å². The molecule has 12 heteroatoms. The Bertz CT molecular complexity index is 1580. The number of anilines is 3. The van der Waals surface area contributed by atoms with E-state index < -0.39 is 6.29 Å². The Balaban J connectivity index is 1.17. The van der Waals surface area contributed by atoms with E-state index in [0.29, 0.717) is 48.5 Å². The van der Waals surface area contributed by atoms with Gasteiger partial charge in [-0.2, -0.15) is 0 Å². The molecule has 1 saturated heterocycles. The fraction of sp³-hybridized carbons (Fsp3) is 0.333. The summed E-state index contributed by atoms with van der Waals surface area (Å²) in [6, 6.07) is 22.4. The van der Waals surface area contributed by atoms with Gasteiger partial charge in [-0.15, -0.1) is 10.2 Å². The maximum atomic E-state index is 12.7. The van der Waals surface area contributed by atoms with Crippen LogP contribution in [0.15, 0.2) is 77.1 Å². The van der Waals surface area contributed by atoms with Crippen LogP contribution in [-0.4, -0.2) is 39.0 Å². The van der Waals surface area contributed by atoms with Gasteiger partial charge in [-0.05, 0) is 55.2 Å². The minimum absolute atomic E-state index is 0.0181. The quantitative estimate of drug-likeness (QED) is 0.0735. The number of aliphatic hydroxyl groups excluding tert-OH is 1. The molecule has 236 valence electrons. The Labute approximate surface area is 270 Å². The summed E-state index contributed by atoms with van der Waals surface area (Å²) in [5.74, 6) is 0.424. The number of aromatic nitrogens is 2. The summed E-state index contributed by atoms with van der Waals surface area (Å²) in [6.45, 7) is 1.92. The van der Waals surface area contributed by atoms with Gasteiger partial charge < -0.3 is 30.9 Å². The highest BCUT2D eigenvalue weighted by Crippen LogP contribution is 2.40. The number of nitrogens with two attached hydrogens (primary N) is 1. The third-order valence-electron chi connectivity index (χ3n) is 7.25. The van der Waals surface area contributed by atoms with E-state index in [2.05, 4.69) is 20.8 Å². The number of nitrogen functional groups attached to an aromatic ring is 1. The van der Waals surface area contributed by atoms with Crippen LogP contribution in [-0.2, 0) is 25.7 Å². The number of rotatable bonds is 13. The lowest BCUT2D eigenvalue weighted by atomic mass is 10.0. The van der Waals surface area contributed by atoms with Crippen molar-refractivity contribution in [2.75, 3.05) is 22.1 Å². The molecule has 1 aliphatic heterocycles. The molecule has 1 aliphatic rings. The predicted molar refractivity (Wildman–Crippen MR) is 177 cm³/mol. The first-order valence-corrected chi connectivity index (χ1v) is 16.6. The van der Waals surface area contributed by atoms with Gasteiger partial charge in [0.05, 0.1) is 30.2 Å². The van der Waals surface area contributed by atoms with Gasteiger partial charge in [0.15, 0.2) is 10.6 Å².